The molecule has 0 fully saturated rings. The minimum Gasteiger partial charge on any atom is -0.398 e. The Morgan fingerprint density at radius 3 is 2.09 bits per heavy atom. The van der Waals surface area contributed by atoms with Crippen molar-refractivity contribution >= 4 is 22.1 Å². The van der Waals surface area contributed by atoms with Crippen molar-refractivity contribution in [1.29, 1.82) is 0 Å². The second kappa shape index (κ2) is 9.44. The first kappa shape index (κ1) is 17.7. The van der Waals surface area contributed by atoms with Crippen molar-refractivity contribution in [2.45, 2.75) is 71.1 Å². The van der Waals surface area contributed by atoms with Crippen molar-refractivity contribution in [3.63, 3.8) is 0 Å². The molecule has 2 aromatic carbocycles. The van der Waals surface area contributed by atoms with E-state index < -0.39 is 0 Å². The molecule has 0 saturated heterocycles. The predicted octanol–water partition coefficient (Wildman–Crippen LogP) is 6.08. The lowest BCUT2D eigenvalue weighted by atomic mass is 9.98. The summed E-state index contributed by atoms with van der Waals surface area (Å²) in [6, 6.07) is 10.3. The number of hydrogen-bond donors (Lipinski definition) is 2. The van der Waals surface area contributed by atoms with Gasteiger partial charge >= 0.3 is 0 Å². The van der Waals surface area contributed by atoms with Crippen LogP contribution in [0.1, 0.15) is 70.3 Å². The van der Waals surface area contributed by atoms with Crippen LogP contribution in [0.5, 0.6) is 0 Å². The monoisotopic (exact) mass is 312 g/mol. The number of hydrogen-bond acceptors (Lipinski definition) is 2. The SMILES string of the molecule is CCCCCCCCCCCc1ccc2cccc(N)c2c1N. The van der Waals surface area contributed by atoms with Crippen LogP contribution in [-0.2, 0) is 6.42 Å². The van der Waals surface area contributed by atoms with Crippen LogP contribution in [0.25, 0.3) is 10.8 Å². The Balaban J connectivity index is 1.75. The van der Waals surface area contributed by atoms with Crippen LogP contribution in [0.2, 0.25) is 0 Å². The zero-order valence-corrected chi connectivity index (χ0v) is 14.6. The van der Waals surface area contributed by atoms with Crippen LogP contribution in [0.4, 0.5) is 11.4 Å². The molecule has 2 heteroatoms. The molecule has 0 aliphatic heterocycles. The first-order chi connectivity index (χ1) is 11.2. The maximum absolute atomic E-state index is 6.35. The molecule has 4 N–H and O–H groups in total. The minimum atomic E-state index is 0.786. The highest BCUT2D eigenvalue weighted by Crippen LogP contribution is 2.30. The van der Waals surface area contributed by atoms with Crippen LogP contribution in [0.15, 0.2) is 30.3 Å². The van der Waals surface area contributed by atoms with Crippen LogP contribution in [-0.4, -0.2) is 0 Å². The molecule has 0 aliphatic rings. The molecule has 0 radical (unpaired) electrons. The van der Waals surface area contributed by atoms with Crippen LogP contribution < -0.4 is 11.5 Å². The molecule has 0 heterocycles. The molecular weight excluding hydrogens is 280 g/mol. The third kappa shape index (κ3) is 5.16. The molecule has 0 atom stereocenters. The summed E-state index contributed by atoms with van der Waals surface area (Å²) in [5.74, 6) is 0. The van der Waals surface area contributed by atoms with Crippen molar-refractivity contribution in [1.82, 2.24) is 0 Å². The van der Waals surface area contributed by atoms with E-state index in [1.54, 1.807) is 0 Å². The van der Waals surface area contributed by atoms with Crippen molar-refractivity contribution in [2.24, 2.45) is 0 Å². The lowest BCUT2D eigenvalue weighted by Gasteiger charge is -2.11. The van der Waals surface area contributed by atoms with Crippen molar-refractivity contribution in [3.05, 3.63) is 35.9 Å². The van der Waals surface area contributed by atoms with Gasteiger partial charge in [-0.1, -0.05) is 82.6 Å². The standard InChI is InChI=1S/C21H32N2/c1-2-3-4-5-6-7-8-9-10-12-18-16-15-17-13-11-14-19(22)20(17)21(18)23/h11,13-16H,2-10,12,22-23H2,1H3. The van der Waals surface area contributed by atoms with Gasteiger partial charge in [0.05, 0.1) is 0 Å². The molecular formula is C21H32N2. The third-order valence-corrected chi connectivity index (χ3v) is 4.76. The molecule has 126 valence electrons. The molecule has 0 aromatic heterocycles. The lowest BCUT2D eigenvalue weighted by molar-refractivity contribution is 0.565. The molecule has 0 spiro atoms. The largest absolute Gasteiger partial charge is 0.398 e. The molecule has 0 saturated carbocycles. The van der Waals surface area contributed by atoms with E-state index in [2.05, 4.69) is 25.1 Å². The maximum atomic E-state index is 6.35. The lowest BCUT2D eigenvalue weighted by Crippen LogP contribution is -1.98. The molecule has 0 bridgehead atoms. The minimum absolute atomic E-state index is 0.786. The molecule has 2 aromatic rings. The number of nitrogens with two attached hydrogens (primary N) is 2. The zero-order chi connectivity index (χ0) is 16.5. The first-order valence-electron chi connectivity index (χ1n) is 9.29. The van der Waals surface area contributed by atoms with E-state index in [-0.39, 0.29) is 0 Å². The van der Waals surface area contributed by atoms with Crippen molar-refractivity contribution < 1.29 is 0 Å². The quantitative estimate of drug-likeness (QED) is 0.413. The summed E-state index contributed by atoms with van der Waals surface area (Å²) in [5, 5.41) is 2.17. The topological polar surface area (TPSA) is 52.0 Å². The molecule has 2 rings (SSSR count). The Bertz CT molecular complexity index is 604. The van der Waals surface area contributed by atoms with Gasteiger partial charge in [-0.3, -0.25) is 0 Å². The Morgan fingerprint density at radius 1 is 0.739 bits per heavy atom. The average molecular weight is 313 g/mol. The van der Waals surface area contributed by atoms with Gasteiger partial charge in [0, 0.05) is 16.8 Å². The number of rotatable bonds is 10. The number of aryl methyl sites for hydroxylation is 1. The van der Waals surface area contributed by atoms with Crippen LogP contribution >= 0.6 is 0 Å². The molecule has 0 unspecified atom stereocenters. The normalized spacial score (nSPS) is 11.2. The van der Waals surface area contributed by atoms with Gasteiger partial charge in [0.25, 0.3) is 0 Å². The van der Waals surface area contributed by atoms with Gasteiger partial charge in [-0.05, 0) is 29.9 Å². The zero-order valence-electron chi connectivity index (χ0n) is 14.6. The van der Waals surface area contributed by atoms with Gasteiger partial charge < -0.3 is 11.5 Å². The highest BCUT2D eigenvalue weighted by Gasteiger charge is 2.06. The second-order valence-electron chi connectivity index (χ2n) is 6.66. The summed E-state index contributed by atoms with van der Waals surface area (Å²) >= 11 is 0. The van der Waals surface area contributed by atoms with Crippen molar-refractivity contribution in [3.8, 4) is 0 Å². The summed E-state index contributed by atoms with van der Waals surface area (Å²) in [4.78, 5) is 0. The van der Waals surface area contributed by atoms with E-state index in [4.69, 9.17) is 11.5 Å². The van der Waals surface area contributed by atoms with Gasteiger partial charge in [0.2, 0.25) is 0 Å². The average Bonchev–Trinajstić information content (AvgIpc) is 2.55. The fourth-order valence-corrected chi connectivity index (χ4v) is 3.32. The summed E-state index contributed by atoms with van der Waals surface area (Å²) in [5.41, 5.74) is 15.3. The van der Waals surface area contributed by atoms with Gasteiger partial charge in [0.1, 0.15) is 0 Å². The van der Waals surface area contributed by atoms with Crippen LogP contribution in [0, 0.1) is 0 Å². The summed E-state index contributed by atoms with van der Waals surface area (Å²) < 4.78 is 0. The van der Waals surface area contributed by atoms with Gasteiger partial charge in [0.15, 0.2) is 0 Å². The van der Waals surface area contributed by atoms with Gasteiger partial charge in [-0.25, -0.2) is 0 Å². The van der Waals surface area contributed by atoms with Gasteiger partial charge in [-0.15, -0.1) is 0 Å². The Morgan fingerprint density at radius 2 is 1.39 bits per heavy atom. The molecule has 23 heavy (non-hydrogen) atoms. The summed E-state index contributed by atoms with van der Waals surface area (Å²) in [6.07, 6.45) is 13.2. The molecule has 0 aliphatic carbocycles. The summed E-state index contributed by atoms with van der Waals surface area (Å²) in [6.45, 7) is 2.27. The summed E-state index contributed by atoms with van der Waals surface area (Å²) in [7, 11) is 0. The Labute approximate surface area is 141 Å². The van der Waals surface area contributed by atoms with E-state index in [9.17, 15) is 0 Å². The fraction of sp³-hybridized carbons (Fsp3) is 0.524. The van der Waals surface area contributed by atoms with Crippen molar-refractivity contribution in [2.75, 3.05) is 11.5 Å². The van der Waals surface area contributed by atoms with E-state index in [1.165, 1.54) is 63.4 Å². The fourth-order valence-electron chi connectivity index (χ4n) is 3.32. The van der Waals surface area contributed by atoms with E-state index in [0.717, 1.165) is 28.6 Å². The number of anilines is 2. The maximum Gasteiger partial charge on any atom is 0.0447 e. The Kier molecular flexibility index (Phi) is 7.25. The Hall–Kier alpha value is -1.70. The predicted molar refractivity (Wildman–Crippen MR) is 104 cm³/mol. The number of benzene rings is 2. The number of unbranched alkanes of at least 4 members (excludes halogenated alkanes) is 8. The van der Waals surface area contributed by atoms with Gasteiger partial charge in [-0.2, -0.15) is 0 Å². The molecule has 0 amide bonds. The van der Waals surface area contributed by atoms with E-state index in [1.807, 2.05) is 12.1 Å². The highest BCUT2D eigenvalue weighted by molar-refractivity contribution is 6.02. The van der Waals surface area contributed by atoms with Crippen LogP contribution in [0.3, 0.4) is 0 Å². The highest BCUT2D eigenvalue weighted by atomic mass is 14.6. The van der Waals surface area contributed by atoms with E-state index in [0.29, 0.717) is 0 Å². The first-order valence-corrected chi connectivity index (χ1v) is 9.29. The smallest absolute Gasteiger partial charge is 0.0447 e. The van der Waals surface area contributed by atoms with E-state index >= 15 is 0 Å². The third-order valence-electron chi connectivity index (χ3n) is 4.76. The number of nitrogen functional groups attached to an aromatic ring is 2. The number of fused-ring (bicyclic) bond motifs is 1. The molecule has 2 nitrogen and oxygen atoms in total. The second-order valence-corrected chi connectivity index (χ2v) is 6.66.